The van der Waals surface area contributed by atoms with Crippen LogP contribution >= 0.6 is 0 Å². The fraction of sp³-hybridized carbons (Fsp3) is 0.111. The van der Waals surface area contributed by atoms with Crippen molar-refractivity contribution >= 4 is 17.1 Å². The lowest BCUT2D eigenvalue weighted by atomic mass is 10.3. The van der Waals surface area contributed by atoms with Crippen LogP contribution in [0.4, 0.5) is 0 Å². The topological polar surface area (TPSA) is 129 Å². The Labute approximate surface area is 152 Å². The molecule has 9 heteroatoms. The number of nitrogens with zero attached hydrogens (tertiary/aromatic N) is 3. The number of fused-ring (bicyclic) bond motifs is 1. The van der Waals surface area contributed by atoms with Gasteiger partial charge in [0.15, 0.2) is 22.9 Å². The second-order valence-electron chi connectivity index (χ2n) is 5.83. The zero-order valence-electron chi connectivity index (χ0n) is 14.5. The number of hydrogen-bond acceptors (Lipinski definition) is 6. The smallest absolute Gasteiger partial charge is 0.332 e. The van der Waals surface area contributed by atoms with Crippen LogP contribution in [0.25, 0.3) is 28.4 Å². The Morgan fingerprint density at radius 1 is 1.19 bits per heavy atom. The number of rotatable bonds is 4. The van der Waals surface area contributed by atoms with E-state index in [0.29, 0.717) is 23.0 Å². The standard InChI is InChI=1S/C18H15N5O4/c1-9-3-8-12(27-9)16-20-13(15(19)24)14-17(22-16)23(18(25)21-14)10-4-6-11(26-2)7-5-10/h3-8H,1-2H3,(H2,19,24)(H,21,25). The van der Waals surface area contributed by atoms with Gasteiger partial charge in [0.1, 0.15) is 17.0 Å². The number of primary amides is 1. The summed E-state index contributed by atoms with van der Waals surface area (Å²) in [6.07, 6.45) is 0. The van der Waals surface area contributed by atoms with Gasteiger partial charge in [0.2, 0.25) is 0 Å². The molecule has 4 rings (SSSR count). The highest BCUT2D eigenvalue weighted by Crippen LogP contribution is 2.24. The molecule has 3 aromatic heterocycles. The normalized spacial score (nSPS) is 11.0. The molecule has 4 aromatic rings. The number of aromatic amines is 1. The summed E-state index contributed by atoms with van der Waals surface area (Å²) in [5, 5.41) is 0. The summed E-state index contributed by atoms with van der Waals surface area (Å²) < 4.78 is 12.0. The Kier molecular flexibility index (Phi) is 3.76. The van der Waals surface area contributed by atoms with Crippen molar-refractivity contribution in [3.63, 3.8) is 0 Å². The van der Waals surface area contributed by atoms with Gasteiger partial charge < -0.3 is 19.9 Å². The highest BCUT2D eigenvalue weighted by Gasteiger charge is 2.21. The van der Waals surface area contributed by atoms with Crippen LogP contribution in [0.3, 0.4) is 0 Å². The summed E-state index contributed by atoms with van der Waals surface area (Å²) in [7, 11) is 1.55. The van der Waals surface area contributed by atoms with E-state index >= 15 is 0 Å². The van der Waals surface area contributed by atoms with Crippen LogP contribution in [0.5, 0.6) is 5.75 Å². The quantitative estimate of drug-likeness (QED) is 0.567. The van der Waals surface area contributed by atoms with E-state index in [2.05, 4.69) is 15.0 Å². The Hall–Kier alpha value is -3.88. The molecule has 0 aliphatic heterocycles. The van der Waals surface area contributed by atoms with Gasteiger partial charge in [-0.1, -0.05) is 0 Å². The number of nitrogens with two attached hydrogens (primary N) is 1. The summed E-state index contributed by atoms with van der Waals surface area (Å²) in [5.41, 5.74) is 5.83. The largest absolute Gasteiger partial charge is 0.497 e. The van der Waals surface area contributed by atoms with E-state index in [-0.39, 0.29) is 22.7 Å². The number of methoxy groups -OCH3 is 1. The average molecular weight is 365 g/mol. The third-order valence-corrected chi connectivity index (χ3v) is 4.06. The predicted molar refractivity (Wildman–Crippen MR) is 97.0 cm³/mol. The summed E-state index contributed by atoms with van der Waals surface area (Å²) in [4.78, 5) is 35.7. The van der Waals surface area contributed by atoms with Gasteiger partial charge in [-0.15, -0.1) is 0 Å². The Balaban J connectivity index is 2.02. The van der Waals surface area contributed by atoms with Gasteiger partial charge in [0.05, 0.1) is 12.8 Å². The first-order chi connectivity index (χ1) is 13.0. The number of ether oxygens (including phenoxy) is 1. The molecule has 0 bridgehead atoms. The number of hydrogen-bond donors (Lipinski definition) is 2. The zero-order chi connectivity index (χ0) is 19.1. The summed E-state index contributed by atoms with van der Waals surface area (Å²) in [5.74, 6) is 1.05. The van der Waals surface area contributed by atoms with Crippen molar-refractivity contribution in [3.05, 3.63) is 58.3 Å². The Morgan fingerprint density at radius 3 is 2.52 bits per heavy atom. The molecule has 0 radical (unpaired) electrons. The van der Waals surface area contributed by atoms with Crippen molar-refractivity contribution in [2.45, 2.75) is 6.92 Å². The van der Waals surface area contributed by atoms with Gasteiger partial charge in [-0.05, 0) is 43.3 Å². The highest BCUT2D eigenvalue weighted by molar-refractivity contribution is 6.02. The van der Waals surface area contributed by atoms with Crippen LogP contribution < -0.4 is 16.2 Å². The average Bonchev–Trinajstić information content (AvgIpc) is 3.23. The number of carbonyl (C=O) groups is 1. The molecule has 0 atom stereocenters. The molecule has 0 aliphatic rings. The second kappa shape index (κ2) is 6.13. The van der Waals surface area contributed by atoms with E-state index in [9.17, 15) is 9.59 Å². The monoisotopic (exact) mass is 365 g/mol. The maximum absolute atomic E-state index is 12.6. The number of nitrogens with one attached hydrogen (secondary N) is 1. The van der Waals surface area contributed by atoms with Crippen LogP contribution in [0, 0.1) is 6.92 Å². The van der Waals surface area contributed by atoms with Crippen molar-refractivity contribution < 1.29 is 13.9 Å². The van der Waals surface area contributed by atoms with E-state index < -0.39 is 11.6 Å². The van der Waals surface area contributed by atoms with Gasteiger partial charge >= 0.3 is 5.69 Å². The molecule has 0 fully saturated rings. The van der Waals surface area contributed by atoms with Crippen molar-refractivity contribution in [1.82, 2.24) is 19.5 Å². The lowest BCUT2D eigenvalue weighted by Crippen LogP contribution is -2.15. The fourth-order valence-corrected chi connectivity index (χ4v) is 2.80. The number of aromatic nitrogens is 4. The van der Waals surface area contributed by atoms with E-state index in [0.717, 1.165) is 0 Å². The van der Waals surface area contributed by atoms with Crippen LogP contribution in [0.1, 0.15) is 16.2 Å². The highest BCUT2D eigenvalue weighted by atomic mass is 16.5. The number of benzene rings is 1. The molecular formula is C18H15N5O4. The molecule has 3 heterocycles. The van der Waals surface area contributed by atoms with E-state index in [1.807, 2.05) is 0 Å². The van der Waals surface area contributed by atoms with Crippen molar-refractivity contribution in [2.24, 2.45) is 5.73 Å². The van der Waals surface area contributed by atoms with E-state index in [1.165, 1.54) is 4.57 Å². The van der Waals surface area contributed by atoms with Crippen molar-refractivity contribution in [3.8, 4) is 23.0 Å². The molecule has 1 amide bonds. The third-order valence-electron chi connectivity index (χ3n) is 4.06. The minimum Gasteiger partial charge on any atom is -0.497 e. The summed E-state index contributed by atoms with van der Waals surface area (Å²) >= 11 is 0. The van der Waals surface area contributed by atoms with E-state index in [4.69, 9.17) is 14.9 Å². The minimum absolute atomic E-state index is 0.0894. The maximum Gasteiger partial charge on any atom is 0.332 e. The van der Waals surface area contributed by atoms with Gasteiger partial charge in [0, 0.05) is 0 Å². The number of furan rings is 1. The molecule has 1 aromatic carbocycles. The number of aryl methyl sites for hydroxylation is 1. The first-order valence-corrected chi connectivity index (χ1v) is 8.01. The molecule has 136 valence electrons. The van der Waals surface area contributed by atoms with Crippen LogP contribution in [0.15, 0.2) is 45.6 Å². The van der Waals surface area contributed by atoms with E-state index in [1.54, 1.807) is 50.4 Å². The molecule has 0 unspecified atom stereocenters. The van der Waals surface area contributed by atoms with Crippen LogP contribution in [0.2, 0.25) is 0 Å². The molecule has 3 N–H and O–H groups in total. The van der Waals surface area contributed by atoms with Gasteiger partial charge in [-0.3, -0.25) is 4.79 Å². The summed E-state index contributed by atoms with van der Waals surface area (Å²) in [6.45, 7) is 1.78. The molecular weight excluding hydrogens is 350 g/mol. The third kappa shape index (κ3) is 2.74. The molecule has 0 saturated heterocycles. The summed E-state index contributed by atoms with van der Waals surface area (Å²) in [6, 6.07) is 10.3. The van der Waals surface area contributed by atoms with Gasteiger partial charge in [0.25, 0.3) is 5.91 Å². The minimum atomic E-state index is -0.782. The Morgan fingerprint density at radius 2 is 1.93 bits per heavy atom. The molecule has 0 saturated carbocycles. The molecule has 0 spiro atoms. The lowest BCUT2D eigenvalue weighted by molar-refractivity contribution is 0.0997. The maximum atomic E-state index is 12.6. The number of carbonyl (C=O) groups excluding carboxylic acids is 1. The number of amides is 1. The predicted octanol–water partition coefficient (Wildman–Crippen LogP) is 1.78. The number of imidazole rings is 1. The van der Waals surface area contributed by atoms with Crippen LogP contribution in [-0.4, -0.2) is 32.5 Å². The van der Waals surface area contributed by atoms with Crippen molar-refractivity contribution in [1.29, 1.82) is 0 Å². The molecule has 9 nitrogen and oxygen atoms in total. The number of H-pyrrole nitrogens is 1. The van der Waals surface area contributed by atoms with Gasteiger partial charge in [-0.25, -0.2) is 19.3 Å². The fourth-order valence-electron chi connectivity index (χ4n) is 2.80. The van der Waals surface area contributed by atoms with Gasteiger partial charge in [-0.2, -0.15) is 0 Å². The molecule has 27 heavy (non-hydrogen) atoms. The first-order valence-electron chi connectivity index (χ1n) is 8.01. The Bertz CT molecular complexity index is 1220. The zero-order valence-corrected chi connectivity index (χ0v) is 14.5. The first kappa shape index (κ1) is 16.6. The van der Waals surface area contributed by atoms with Crippen molar-refractivity contribution in [2.75, 3.05) is 7.11 Å². The lowest BCUT2D eigenvalue weighted by Gasteiger charge is -2.06. The SMILES string of the molecule is COc1ccc(-n2c(=O)[nH]c3c(C(N)=O)nc(-c4ccc(C)o4)nc32)cc1. The second-order valence-corrected chi connectivity index (χ2v) is 5.83. The van der Waals surface area contributed by atoms with Crippen LogP contribution in [-0.2, 0) is 0 Å². The molecule has 0 aliphatic carbocycles.